The van der Waals surface area contributed by atoms with Crippen LogP contribution in [0.1, 0.15) is 65.7 Å². The fraction of sp³-hybridized carbons (Fsp3) is 0.700. The highest BCUT2D eigenvalue weighted by Crippen LogP contribution is 2.19. The van der Waals surface area contributed by atoms with Crippen LogP contribution in [0.5, 0.6) is 0 Å². The highest BCUT2D eigenvalue weighted by molar-refractivity contribution is 7.80. The largest absolute Gasteiger partial charge is 0.481 e. The third-order valence-electron chi connectivity index (χ3n) is 7.84. The van der Waals surface area contributed by atoms with Crippen molar-refractivity contribution in [2.45, 2.75) is 108 Å². The number of hydrogen-bond donors (Lipinski definition) is 11. The van der Waals surface area contributed by atoms with Crippen molar-refractivity contribution in [1.82, 2.24) is 31.5 Å². The average molecular weight is 747 g/mol. The summed E-state index contributed by atoms with van der Waals surface area (Å²) in [6.07, 6.45) is -0.486. The van der Waals surface area contributed by atoms with Crippen LogP contribution in [0, 0.1) is 5.92 Å². The maximum Gasteiger partial charge on any atom is 0.326 e. The van der Waals surface area contributed by atoms with Crippen LogP contribution in [0.4, 0.5) is 0 Å². The number of nitrogens with two attached hydrogens (primary N) is 2. The lowest BCUT2D eigenvalue weighted by Gasteiger charge is -2.29. The first-order chi connectivity index (χ1) is 23.8. The molecule has 1 fully saturated rings. The van der Waals surface area contributed by atoms with Crippen LogP contribution in [0.15, 0.2) is 0 Å². The van der Waals surface area contributed by atoms with E-state index in [-0.39, 0.29) is 50.3 Å². The molecule has 1 aliphatic rings. The molecule has 0 aromatic carbocycles. The van der Waals surface area contributed by atoms with Crippen molar-refractivity contribution in [1.29, 1.82) is 0 Å². The van der Waals surface area contributed by atoms with Gasteiger partial charge in [0.05, 0.1) is 12.6 Å². The average Bonchev–Trinajstić information content (AvgIpc) is 3.55. The molecule has 0 bridgehead atoms. The number of carboxylic acids is 2. The monoisotopic (exact) mass is 746 g/mol. The molecule has 0 unspecified atom stereocenters. The first kappa shape index (κ1) is 44.5. The minimum atomic E-state index is -1.55. The van der Waals surface area contributed by atoms with E-state index in [1.165, 1.54) is 11.8 Å². The first-order valence-electron chi connectivity index (χ1n) is 16.3. The topological polar surface area (TPSA) is 330 Å². The SMILES string of the molecule is CC(C)C[C@H](NC(=O)[C@H](CCC(N)=O)NC(=O)[C@@H]1CCCN1C(=O)[C@H](C)NC(=O)[C@H](CS)NC(=O)[C@H](CO)NC(=O)[C@@H](N)CCC(=O)O)C(=O)O. The maximum atomic E-state index is 13.4. The number of aliphatic hydroxyl groups is 1. The van der Waals surface area contributed by atoms with Crippen molar-refractivity contribution < 1.29 is 58.5 Å². The Balaban J connectivity index is 2.94. The van der Waals surface area contributed by atoms with Gasteiger partial charge in [0.1, 0.15) is 36.3 Å². The Morgan fingerprint density at radius 1 is 0.784 bits per heavy atom. The molecular formula is C30H50N8O12S. The molecule has 7 amide bonds. The van der Waals surface area contributed by atoms with Crippen LogP contribution in [0.25, 0.3) is 0 Å². The Morgan fingerprint density at radius 3 is 1.88 bits per heavy atom. The van der Waals surface area contributed by atoms with Gasteiger partial charge in [0, 0.05) is 25.1 Å². The Bertz CT molecular complexity index is 1300. The van der Waals surface area contributed by atoms with Gasteiger partial charge in [-0.2, -0.15) is 12.6 Å². The number of rotatable bonds is 22. The van der Waals surface area contributed by atoms with Crippen molar-refractivity contribution in [3.05, 3.63) is 0 Å². The Kier molecular flexibility index (Phi) is 18.9. The zero-order chi connectivity index (χ0) is 39.0. The third-order valence-corrected chi connectivity index (χ3v) is 8.20. The van der Waals surface area contributed by atoms with Gasteiger partial charge in [-0.3, -0.25) is 38.4 Å². The van der Waals surface area contributed by atoms with Crippen molar-refractivity contribution >= 4 is 65.9 Å². The molecule has 0 aliphatic carbocycles. The van der Waals surface area contributed by atoms with E-state index in [0.717, 1.165) is 0 Å². The molecule has 51 heavy (non-hydrogen) atoms. The number of aliphatic carboxylic acids is 2. The lowest BCUT2D eigenvalue weighted by atomic mass is 10.0. The zero-order valence-electron chi connectivity index (χ0n) is 28.8. The number of hydrogen-bond acceptors (Lipinski definition) is 12. The predicted molar refractivity (Wildman–Crippen MR) is 181 cm³/mol. The summed E-state index contributed by atoms with van der Waals surface area (Å²) in [6, 6.07) is -9.10. The van der Waals surface area contributed by atoms with E-state index in [2.05, 4.69) is 39.2 Å². The quantitative estimate of drug-likeness (QED) is 0.0471. The molecule has 7 atom stereocenters. The Labute approximate surface area is 299 Å². The number of carboxylic acid groups (broad SMARTS) is 2. The normalized spacial score (nSPS) is 17.5. The number of nitrogens with one attached hydrogen (secondary N) is 5. The number of aliphatic hydroxyl groups excluding tert-OH is 1. The molecule has 20 nitrogen and oxygen atoms in total. The van der Waals surface area contributed by atoms with Gasteiger partial charge in [-0.25, -0.2) is 4.79 Å². The summed E-state index contributed by atoms with van der Waals surface area (Å²) in [4.78, 5) is 113. The molecule has 0 aromatic rings. The van der Waals surface area contributed by atoms with E-state index in [1.807, 2.05) is 0 Å². The van der Waals surface area contributed by atoms with E-state index in [1.54, 1.807) is 13.8 Å². The van der Waals surface area contributed by atoms with Crippen LogP contribution >= 0.6 is 12.6 Å². The molecule has 0 saturated carbocycles. The van der Waals surface area contributed by atoms with Crippen LogP contribution in [-0.2, 0) is 43.2 Å². The van der Waals surface area contributed by atoms with Crippen LogP contribution in [0.3, 0.4) is 0 Å². The van der Waals surface area contributed by atoms with E-state index in [0.29, 0.717) is 6.42 Å². The zero-order valence-corrected chi connectivity index (χ0v) is 29.6. The minimum absolute atomic E-state index is 0.0856. The number of carbonyl (C=O) groups is 9. The number of carbonyl (C=O) groups excluding carboxylic acids is 7. The summed E-state index contributed by atoms with van der Waals surface area (Å²) in [5.41, 5.74) is 10.9. The summed E-state index contributed by atoms with van der Waals surface area (Å²) < 4.78 is 0. The van der Waals surface area contributed by atoms with Gasteiger partial charge in [-0.05, 0) is 44.9 Å². The Morgan fingerprint density at radius 2 is 1.35 bits per heavy atom. The van der Waals surface area contributed by atoms with Crippen LogP contribution in [-0.4, -0.2) is 135 Å². The molecule has 0 aromatic heterocycles. The summed E-state index contributed by atoms with van der Waals surface area (Å²) in [6.45, 7) is 4.09. The minimum Gasteiger partial charge on any atom is -0.481 e. The second kappa shape index (κ2) is 21.7. The molecule has 1 saturated heterocycles. The summed E-state index contributed by atoms with van der Waals surface area (Å²) in [5.74, 6) is -8.62. The fourth-order valence-corrected chi connectivity index (χ4v) is 5.32. The summed E-state index contributed by atoms with van der Waals surface area (Å²) in [5, 5.41) is 39.7. The third kappa shape index (κ3) is 15.1. The molecule has 288 valence electrons. The van der Waals surface area contributed by atoms with E-state index in [9.17, 15) is 53.4 Å². The molecule has 1 heterocycles. The number of thiol groups is 1. The molecule has 1 aliphatic heterocycles. The van der Waals surface area contributed by atoms with Crippen LogP contribution in [0.2, 0.25) is 0 Å². The van der Waals surface area contributed by atoms with Crippen molar-refractivity contribution in [2.75, 3.05) is 18.9 Å². The lowest BCUT2D eigenvalue weighted by molar-refractivity contribution is -0.144. The highest BCUT2D eigenvalue weighted by atomic mass is 32.1. The van der Waals surface area contributed by atoms with Crippen molar-refractivity contribution in [3.63, 3.8) is 0 Å². The second-order valence-corrected chi connectivity index (χ2v) is 12.9. The van der Waals surface area contributed by atoms with Gasteiger partial charge in [0.2, 0.25) is 41.4 Å². The van der Waals surface area contributed by atoms with E-state index < -0.39 is 109 Å². The smallest absolute Gasteiger partial charge is 0.326 e. The maximum absolute atomic E-state index is 13.4. The van der Waals surface area contributed by atoms with Crippen LogP contribution < -0.4 is 38.1 Å². The number of likely N-dealkylation sites (tertiary alicyclic amines) is 1. The summed E-state index contributed by atoms with van der Waals surface area (Å²) >= 11 is 4.06. The lowest BCUT2D eigenvalue weighted by Crippen LogP contribution is -2.60. The van der Waals surface area contributed by atoms with E-state index in [4.69, 9.17) is 16.6 Å². The van der Waals surface area contributed by atoms with Gasteiger partial charge in [0.25, 0.3) is 0 Å². The van der Waals surface area contributed by atoms with Crippen molar-refractivity contribution in [3.8, 4) is 0 Å². The predicted octanol–water partition coefficient (Wildman–Crippen LogP) is -4.07. The van der Waals surface area contributed by atoms with Gasteiger partial charge in [-0.15, -0.1) is 0 Å². The fourth-order valence-electron chi connectivity index (χ4n) is 5.07. The molecule has 21 heteroatoms. The summed E-state index contributed by atoms with van der Waals surface area (Å²) in [7, 11) is 0. The molecule has 0 spiro atoms. The number of primary amides is 1. The van der Waals surface area contributed by atoms with Crippen molar-refractivity contribution in [2.24, 2.45) is 17.4 Å². The second-order valence-electron chi connectivity index (χ2n) is 12.5. The first-order valence-corrected chi connectivity index (χ1v) is 17.0. The molecular weight excluding hydrogens is 696 g/mol. The van der Waals surface area contributed by atoms with Gasteiger partial charge >= 0.3 is 11.9 Å². The number of nitrogens with zero attached hydrogens (tertiary/aromatic N) is 1. The standard InChI is InChI=1S/C30H50N8O12S/c1-14(2)11-18(30(49)50)35-25(44)17(7-8-22(32)40)34-28(47)21-5-4-10-38(21)29(48)15(3)33-27(46)20(13-51)37-26(45)19(12-39)36-24(43)16(31)6-9-23(41)42/h14-21,39,51H,4-13,31H2,1-3H3,(H2,32,40)(H,33,46)(H,34,47)(H,35,44)(H,36,43)(H,37,45)(H,41,42)(H,49,50)/t15-,16-,17-,18-,19-,20-,21-/m0/s1. The highest BCUT2D eigenvalue weighted by Gasteiger charge is 2.39. The molecule has 1 rings (SSSR count). The van der Waals surface area contributed by atoms with Gasteiger partial charge < -0.3 is 58.3 Å². The molecule has 0 radical (unpaired) electrons. The van der Waals surface area contributed by atoms with Gasteiger partial charge in [0.15, 0.2) is 0 Å². The molecule has 12 N–H and O–H groups in total. The Hall–Kier alpha value is -4.50. The number of amides is 7. The van der Waals surface area contributed by atoms with E-state index >= 15 is 0 Å². The van der Waals surface area contributed by atoms with Gasteiger partial charge in [-0.1, -0.05) is 13.8 Å².